The van der Waals surface area contributed by atoms with Crippen LogP contribution in [-0.2, 0) is 0 Å². The molecule has 12 aromatic rings. The summed E-state index contributed by atoms with van der Waals surface area (Å²) in [5, 5.41) is 11.5. The van der Waals surface area contributed by atoms with E-state index in [-0.39, 0.29) is 12.0 Å². The molecular weight excluding hydrogens is 747 g/mol. The normalized spacial score (nSPS) is 15.9. The Balaban J connectivity index is 1.12. The van der Waals surface area contributed by atoms with Crippen molar-refractivity contribution in [2.75, 3.05) is 0 Å². The van der Waals surface area contributed by atoms with Crippen LogP contribution in [0.4, 0.5) is 0 Å². The van der Waals surface area contributed by atoms with Gasteiger partial charge < -0.3 is 13.4 Å². The lowest BCUT2D eigenvalue weighted by atomic mass is 9.82. The van der Waals surface area contributed by atoms with E-state index >= 15 is 0 Å². The van der Waals surface area contributed by atoms with Crippen LogP contribution in [0.15, 0.2) is 201 Å². The fourth-order valence-electron chi connectivity index (χ4n) is 10.1. The molecule has 0 saturated carbocycles. The smallest absolute Gasteiger partial charge is 0.159 e. The van der Waals surface area contributed by atoms with Crippen molar-refractivity contribution in [3.8, 4) is 5.69 Å². The molecule has 0 fully saturated rings. The van der Waals surface area contributed by atoms with Gasteiger partial charge in [-0.2, -0.15) is 0 Å². The maximum atomic E-state index is 7.06. The van der Waals surface area contributed by atoms with Crippen molar-refractivity contribution >= 4 is 98.8 Å². The highest BCUT2D eigenvalue weighted by Crippen LogP contribution is 2.45. The molecule has 0 radical (unpaired) electrons. The summed E-state index contributed by atoms with van der Waals surface area (Å²) in [7, 11) is 0. The largest absolute Gasteiger partial charge is 0.455 e. The average molecular weight is 784 g/mol. The first-order valence-electron chi connectivity index (χ1n) is 21.1. The zero-order valence-electron chi connectivity index (χ0n) is 33.3. The SMILES string of the molecule is CCC1C(c2cccc3c2oc2ccccc23)=NC(c2ccccc2)=NC1c1cc(-n2c3ccccc3c3cc4ccccc4cc32)c2oc3cc4ccccc4cc3c2c1. The van der Waals surface area contributed by atoms with E-state index in [4.69, 9.17) is 18.8 Å². The van der Waals surface area contributed by atoms with Gasteiger partial charge in [0.25, 0.3) is 0 Å². The molecule has 13 rings (SSSR count). The maximum absolute atomic E-state index is 7.06. The Bertz CT molecular complexity index is 3830. The second-order valence-electron chi connectivity index (χ2n) is 16.3. The van der Waals surface area contributed by atoms with Crippen LogP contribution in [0.3, 0.4) is 0 Å². The summed E-state index contributed by atoms with van der Waals surface area (Å²) in [5.41, 5.74) is 10.8. The Morgan fingerprint density at radius 3 is 1.95 bits per heavy atom. The lowest BCUT2D eigenvalue weighted by Crippen LogP contribution is -2.28. The number of benzene rings is 9. The summed E-state index contributed by atoms with van der Waals surface area (Å²) in [6.07, 6.45) is 0.817. The van der Waals surface area contributed by atoms with Gasteiger partial charge in [0.15, 0.2) is 11.4 Å². The van der Waals surface area contributed by atoms with Crippen molar-refractivity contribution in [2.45, 2.75) is 19.4 Å². The predicted octanol–water partition coefficient (Wildman–Crippen LogP) is 14.9. The minimum absolute atomic E-state index is 0.0577. The Kier molecular flexibility index (Phi) is 7.34. The molecule has 0 bridgehead atoms. The quantitative estimate of drug-likeness (QED) is 0.175. The van der Waals surface area contributed by atoms with Gasteiger partial charge in [-0.15, -0.1) is 0 Å². The molecule has 61 heavy (non-hydrogen) atoms. The van der Waals surface area contributed by atoms with Gasteiger partial charge in [0, 0.05) is 49.4 Å². The molecule has 1 aliphatic rings. The standard InChI is InChI=1S/C56H37N3O2/c1-2-39-52(57-56(33-15-4-3-5-16-33)58-53(39)43-24-14-23-42-41-22-11-13-26-50(41)60-54(42)43)38-29-46-45-28-35-18-7-9-20-37(35)32-51(45)61-55(46)49(31-38)59-47-25-12-10-21-40(47)44-27-34-17-6-8-19-36(34)30-48(44)59/h3-32,39,52H,2H2,1H3. The summed E-state index contributed by atoms with van der Waals surface area (Å²) < 4.78 is 16.2. The highest BCUT2D eigenvalue weighted by molar-refractivity contribution is 6.22. The highest BCUT2D eigenvalue weighted by atomic mass is 16.3. The molecule has 0 saturated heterocycles. The van der Waals surface area contributed by atoms with Gasteiger partial charge in [0.2, 0.25) is 0 Å². The molecule has 2 atom stereocenters. The van der Waals surface area contributed by atoms with Crippen LogP contribution in [0.25, 0.3) is 92.9 Å². The zero-order valence-corrected chi connectivity index (χ0v) is 33.3. The Hall–Kier alpha value is -7.76. The van der Waals surface area contributed by atoms with Crippen molar-refractivity contribution in [2.24, 2.45) is 15.9 Å². The summed E-state index contributed by atoms with van der Waals surface area (Å²) >= 11 is 0. The first kappa shape index (κ1) is 34.1. The van der Waals surface area contributed by atoms with E-state index in [0.717, 1.165) is 94.8 Å². The van der Waals surface area contributed by atoms with Crippen molar-refractivity contribution < 1.29 is 8.83 Å². The van der Waals surface area contributed by atoms with Crippen molar-refractivity contribution in [1.29, 1.82) is 0 Å². The molecule has 0 amide bonds. The summed E-state index contributed by atoms with van der Waals surface area (Å²) in [4.78, 5) is 11.1. The number of furan rings is 2. The monoisotopic (exact) mass is 783 g/mol. The van der Waals surface area contributed by atoms with Crippen molar-refractivity contribution in [3.05, 3.63) is 199 Å². The lowest BCUT2D eigenvalue weighted by molar-refractivity contribution is 0.532. The molecule has 9 aromatic carbocycles. The fourth-order valence-corrected chi connectivity index (χ4v) is 10.1. The van der Waals surface area contributed by atoms with Crippen LogP contribution in [-0.4, -0.2) is 16.1 Å². The summed E-state index contributed by atoms with van der Waals surface area (Å²) in [5.74, 6) is 0.657. The minimum Gasteiger partial charge on any atom is -0.455 e. The van der Waals surface area contributed by atoms with Crippen LogP contribution in [0.5, 0.6) is 0 Å². The van der Waals surface area contributed by atoms with Gasteiger partial charge in [-0.1, -0.05) is 134 Å². The predicted molar refractivity (Wildman–Crippen MR) is 253 cm³/mol. The van der Waals surface area contributed by atoms with Crippen LogP contribution in [0.2, 0.25) is 0 Å². The molecule has 288 valence electrons. The molecule has 0 N–H and O–H groups in total. The Morgan fingerprint density at radius 1 is 0.492 bits per heavy atom. The van der Waals surface area contributed by atoms with E-state index in [1.54, 1.807) is 0 Å². The molecule has 4 heterocycles. The van der Waals surface area contributed by atoms with Gasteiger partial charge in [-0.3, -0.25) is 4.99 Å². The summed E-state index contributed by atoms with van der Waals surface area (Å²) in [6.45, 7) is 2.26. The number of aromatic nitrogens is 1. The van der Waals surface area contributed by atoms with E-state index in [0.29, 0.717) is 5.84 Å². The van der Waals surface area contributed by atoms with Gasteiger partial charge in [0.05, 0.1) is 28.5 Å². The van der Waals surface area contributed by atoms with Gasteiger partial charge in [0.1, 0.15) is 16.7 Å². The number of para-hydroxylation sites is 3. The number of fused-ring (bicyclic) bond motifs is 11. The molecule has 3 aromatic heterocycles. The lowest BCUT2D eigenvalue weighted by Gasteiger charge is -2.30. The van der Waals surface area contributed by atoms with E-state index < -0.39 is 0 Å². The van der Waals surface area contributed by atoms with Gasteiger partial charge in [-0.05, 0) is 88.1 Å². The second kappa shape index (κ2) is 13.1. The Morgan fingerprint density at radius 2 is 1.15 bits per heavy atom. The van der Waals surface area contributed by atoms with E-state index in [9.17, 15) is 0 Å². The van der Waals surface area contributed by atoms with E-state index in [1.165, 1.54) is 26.9 Å². The number of aliphatic imine (C=N–C) groups is 2. The molecular formula is C56H37N3O2. The fraction of sp³-hybridized carbons (Fsp3) is 0.0714. The average Bonchev–Trinajstić information content (AvgIpc) is 3.98. The molecule has 5 heteroatoms. The molecule has 5 nitrogen and oxygen atoms in total. The zero-order chi connectivity index (χ0) is 40.2. The summed E-state index contributed by atoms with van der Waals surface area (Å²) in [6, 6.07) is 64.6. The number of hydrogen-bond acceptors (Lipinski definition) is 4. The molecule has 0 aliphatic carbocycles. The van der Waals surface area contributed by atoms with Crippen molar-refractivity contribution in [1.82, 2.24) is 4.57 Å². The van der Waals surface area contributed by atoms with E-state index in [2.05, 4.69) is 175 Å². The first-order valence-corrected chi connectivity index (χ1v) is 21.1. The second-order valence-corrected chi connectivity index (χ2v) is 16.3. The van der Waals surface area contributed by atoms with Crippen LogP contribution in [0, 0.1) is 5.92 Å². The van der Waals surface area contributed by atoms with Gasteiger partial charge in [-0.25, -0.2) is 4.99 Å². The van der Waals surface area contributed by atoms with E-state index in [1.807, 2.05) is 18.2 Å². The molecule has 0 spiro atoms. The third kappa shape index (κ3) is 5.14. The van der Waals surface area contributed by atoms with Crippen LogP contribution >= 0.6 is 0 Å². The number of amidine groups is 1. The molecule has 2 unspecified atom stereocenters. The minimum atomic E-state index is -0.269. The topological polar surface area (TPSA) is 55.9 Å². The Labute approximate surface area is 350 Å². The van der Waals surface area contributed by atoms with Crippen LogP contribution in [0.1, 0.15) is 36.1 Å². The number of hydrogen-bond donors (Lipinski definition) is 0. The van der Waals surface area contributed by atoms with Crippen molar-refractivity contribution in [3.63, 3.8) is 0 Å². The third-order valence-electron chi connectivity index (χ3n) is 12.9. The number of rotatable bonds is 5. The molecule has 1 aliphatic heterocycles. The highest BCUT2D eigenvalue weighted by Gasteiger charge is 2.35. The first-order chi connectivity index (χ1) is 30.2. The van der Waals surface area contributed by atoms with Gasteiger partial charge >= 0.3 is 0 Å². The maximum Gasteiger partial charge on any atom is 0.159 e. The number of nitrogens with zero attached hydrogens (tertiary/aromatic N) is 3. The third-order valence-corrected chi connectivity index (χ3v) is 12.9. The van der Waals surface area contributed by atoms with Crippen LogP contribution < -0.4 is 0 Å².